The Morgan fingerprint density at radius 2 is 1.56 bits per heavy atom. The Balaban J connectivity index is 0.000000956. The minimum Gasteiger partial charge on any atom is -0.475 e. The third-order valence-electron chi connectivity index (χ3n) is 5.02. The molecular formula is C22H29F3N6O7S. The monoisotopic (exact) mass is 578 g/mol. The number of carboxylic acids is 1. The van der Waals surface area contributed by atoms with E-state index < -0.39 is 45.8 Å². The van der Waals surface area contributed by atoms with Gasteiger partial charge in [-0.15, -0.1) is 0 Å². The summed E-state index contributed by atoms with van der Waals surface area (Å²) in [5.74, 6) is -4.03. The lowest BCUT2D eigenvalue weighted by Crippen LogP contribution is -2.42. The van der Waals surface area contributed by atoms with E-state index in [0.29, 0.717) is 16.8 Å². The molecule has 0 aliphatic rings. The van der Waals surface area contributed by atoms with E-state index in [2.05, 4.69) is 9.88 Å². The van der Waals surface area contributed by atoms with Gasteiger partial charge in [-0.1, -0.05) is 17.7 Å². The molecule has 0 saturated carbocycles. The molecule has 2 aromatic rings. The Kier molecular flexibility index (Phi) is 10.5. The third-order valence-corrected chi connectivity index (χ3v) is 6.69. The average molecular weight is 579 g/mol. The van der Waals surface area contributed by atoms with Crippen molar-refractivity contribution in [2.24, 2.45) is 22.4 Å². The zero-order chi connectivity index (χ0) is 30.5. The number of guanidine groups is 1. The number of pyridine rings is 1. The first-order valence-corrected chi connectivity index (χ1v) is 12.4. The maximum Gasteiger partial charge on any atom is 0.490 e. The number of amides is 1. The fourth-order valence-corrected chi connectivity index (χ4v) is 5.14. The molecule has 17 heteroatoms. The molecule has 0 radical (unpaired) electrons. The van der Waals surface area contributed by atoms with Gasteiger partial charge in [-0.05, 0) is 63.0 Å². The van der Waals surface area contributed by atoms with Crippen LogP contribution in [0.2, 0.25) is 0 Å². The molecular weight excluding hydrogens is 549 g/mol. The SMILES string of the molecule is Cc1cc(C)c(S(=O)(=O)Nc2ccc(C)n(C(C(N)=O)C(C)ON=C(N)N)c2=O)c(C)c1.O=C(O)C(F)(F)F. The van der Waals surface area contributed by atoms with E-state index in [0.717, 1.165) is 10.1 Å². The second-order valence-electron chi connectivity index (χ2n) is 8.37. The van der Waals surface area contributed by atoms with Crippen molar-refractivity contribution in [3.8, 4) is 0 Å². The van der Waals surface area contributed by atoms with Crippen LogP contribution in [0.3, 0.4) is 0 Å². The van der Waals surface area contributed by atoms with E-state index >= 15 is 0 Å². The molecule has 1 heterocycles. The van der Waals surface area contributed by atoms with E-state index in [1.54, 1.807) is 32.9 Å². The molecule has 216 valence electrons. The molecule has 0 aliphatic carbocycles. The Morgan fingerprint density at radius 1 is 1.08 bits per heavy atom. The second kappa shape index (κ2) is 12.5. The number of aliphatic carboxylic acids is 1. The number of benzene rings is 1. The summed E-state index contributed by atoms with van der Waals surface area (Å²) < 4.78 is 61.3. The van der Waals surface area contributed by atoms with Gasteiger partial charge in [0.2, 0.25) is 11.9 Å². The van der Waals surface area contributed by atoms with Gasteiger partial charge in [-0.25, -0.2) is 13.2 Å². The Hall–Kier alpha value is -4.28. The quantitative estimate of drug-likeness (QED) is 0.172. The van der Waals surface area contributed by atoms with Gasteiger partial charge in [-0.3, -0.25) is 18.9 Å². The molecule has 2 unspecified atom stereocenters. The number of hydrogen-bond acceptors (Lipinski definition) is 7. The van der Waals surface area contributed by atoms with Crippen molar-refractivity contribution in [1.29, 1.82) is 0 Å². The van der Waals surface area contributed by atoms with Crippen molar-refractivity contribution in [2.45, 2.75) is 57.8 Å². The molecule has 0 saturated heterocycles. The summed E-state index contributed by atoms with van der Waals surface area (Å²) in [7, 11) is -4.10. The molecule has 1 aromatic carbocycles. The smallest absolute Gasteiger partial charge is 0.475 e. The van der Waals surface area contributed by atoms with Gasteiger partial charge >= 0.3 is 12.1 Å². The molecule has 0 aliphatic heterocycles. The molecule has 0 fully saturated rings. The zero-order valence-electron chi connectivity index (χ0n) is 21.5. The number of carbonyl (C=O) groups excluding carboxylic acids is 1. The number of primary amides is 1. The third kappa shape index (κ3) is 8.62. The Bertz CT molecular complexity index is 1410. The summed E-state index contributed by atoms with van der Waals surface area (Å²) in [6.07, 6.45) is -6.11. The fourth-order valence-electron chi connectivity index (χ4n) is 3.63. The number of aryl methyl sites for hydroxylation is 4. The van der Waals surface area contributed by atoms with Crippen LogP contribution in [-0.2, 0) is 24.4 Å². The van der Waals surface area contributed by atoms with Crippen LogP contribution in [0.5, 0.6) is 0 Å². The highest BCUT2D eigenvalue weighted by Gasteiger charge is 2.38. The molecule has 1 aromatic heterocycles. The van der Waals surface area contributed by atoms with Gasteiger partial charge in [0.15, 0.2) is 12.1 Å². The number of alkyl halides is 3. The van der Waals surface area contributed by atoms with Gasteiger partial charge in [-0.2, -0.15) is 13.2 Å². The topological polar surface area (TPSA) is 222 Å². The first kappa shape index (κ1) is 32.7. The zero-order valence-corrected chi connectivity index (χ0v) is 22.3. The summed E-state index contributed by atoms with van der Waals surface area (Å²) >= 11 is 0. The number of carbonyl (C=O) groups is 2. The lowest BCUT2D eigenvalue weighted by Gasteiger charge is -2.24. The predicted molar refractivity (Wildman–Crippen MR) is 135 cm³/mol. The van der Waals surface area contributed by atoms with Crippen LogP contribution in [0.15, 0.2) is 39.1 Å². The van der Waals surface area contributed by atoms with Crippen molar-refractivity contribution in [3.05, 3.63) is 57.0 Å². The fraction of sp³-hybridized carbons (Fsp3) is 0.364. The molecule has 39 heavy (non-hydrogen) atoms. The van der Waals surface area contributed by atoms with Crippen LogP contribution in [0, 0.1) is 27.7 Å². The number of halogens is 3. The minimum absolute atomic E-state index is 0.0746. The minimum atomic E-state index is -5.08. The lowest BCUT2D eigenvalue weighted by molar-refractivity contribution is -0.192. The number of sulfonamides is 1. The number of rotatable bonds is 8. The van der Waals surface area contributed by atoms with Gasteiger partial charge in [0.1, 0.15) is 5.69 Å². The van der Waals surface area contributed by atoms with E-state index in [4.69, 9.17) is 31.9 Å². The van der Waals surface area contributed by atoms with Crippen LogP contribution < -0.4 is 27.5 Å². The van der Waals surface area contributed by atoms with Crippen LogP contribution >= 0.6 is 0 Å². The number of anilines is 1. The van der Waals surface area contributed by atoms with Crippen LogP contribution in [-0.4, -0.2) is 48.2 Å². The highest BCUT2D eigenvalue weighted by atomic mass is 32.2. The highest BCUT2D eigenvalue weighted by Crippen LogP contribution is 2.24. The van der Waals surface area contributed by atoms with Crippen molar-refractivity contribution >= 4 is 33.5 Å². The van der Waals surface area contributed by atoms with E-state index in [1.807, 2.05) is 6.92 Å². The predicted octanol–water partition coefficient (Wildman–Crippen LogP) is 1.14. The summed E-state index contributed by atoms with van der Waals surface area (Å²) in [6.45, 7) is 8.22. The second-order valence-corrected chi connectivity index (χ2v) is 9.99. The number of carboxylic acid groups (broad SMARTS) is 1. The maximum atomic E-state index is 13.2. The Morgan fingerprint density at radius 3 is 1.97 bits per heavy atom. The van der Waals surface area contributed by atoms with E-state index in [9.17, 15) is 31.2 Å². The number of nitrogens with zero attached hydrogens (tertiary/aromatic N) is 2. The standard InChI is InChI=1S/C20H28N6O5S.C2HF3O2/c1-10-8-11(2)17(12(3)9-10)32(29,30)25-15-7-6-13(4)26(19(15)28)16(18(21)27)14(5)31-24-20(22)23;3-2(4,5)1(6)7/h6-9,14,16,25H,1-5H3,(H2,21,27)(H4,22,23,24);(H,6,7). The largest absolute Gasteiger partial charge is 0.490 e. The van der Waals surface area contributed by atoms with Gasteiger partial charge in [0, 0.05) is 5.69 Å². The van der Waals surface area contributed by atoms with Crippen molar-refractivity contribution in [1.82, 2.24) is 4.57 Å². The first-order chi connectivity index (χ1) is 17.7. The van der Waals surface area contributed by atoms with Crippen molar-refractivity contribution < 1.29 is 41.1 Å². The number of aromatic nitrogens is 1. The molecule has 13 nitrogen and oxygen atoms in total. The number of nitrogens with one attached hydrogen (secondary N) is 1. The number of hydrogen-bond donors (Lipinski definition) is 5. The van der Waals surface area contributed by atoms with Crippen LogP contribution in [0.1, 0.15) is 35.3 Å². The normalized spacial score (nSPS) is 12.8. The number of oxime groups is 1. The van der Waals surface area contributed by atoms with Gasteiger partial charge in [0.25, 0.3) is 15.6 Å². The van der Waals surface area contributed by atoms with Crippen molar-refractivity contribution in [2.75, 3.05) is 4.72 Å². The van der Waals surface area contributed by atoms with Gasteiger partial charge < -0.3 is 27.1 Å². The number of nitrogens with two attached hydrogens (primary N) is 3. The first-order valence-electron chi connectivity index (χ1n) is 10.9. The molecule has 8 N–H and O–H groups in total. The van der Waals surface area contributed by atoms with Crippen molar-refractivity contribution in [3.63, 3.8) is 0 Å². The van der Waals surface area contributed by atoms with E-state index in [-0.39, 0.29) is 16.5 Å². The maximum absolute atomic E-state index is 13.2. The molecule has 0 bridgehead atoms. The molecule has 0 spiro atoms. The summed E-state index contributed by atoms with van der Waals surface area (Å²) in [5.41, 5.74) is 17.3. The average Bonchev–Trinajstić information content (AvgIpc) is 2.75. The molecule has 2 atom stereocenters. The molecule has 1 amide bonds. The lowest BCUT2D eigenvalue weighted by atomic mass is 10.1. The van der Waals surface area contributed by atoms with Crippen LogP contribution in [0.25, 0.3) is 0 Å². The van der Waals surface area contributed by atoms with Gasteiger partial charge in [0.05, 0.1) is 4.90 Å². The van der Waals surface area contributed by atoms with Crippen LogP contribution in [0.4, 0.5) is 18.9 Å². The Labute approximate surface area is 221 Å². The summed E-state index contributed by atoms with van der Waals surface area (Å²) in [4.78, 5) is 39.4. The highest BCUT2D eigenvalue weighted by molar-refractivity contribution is 7.92. The summed E-state index contributed by atoms with van der Waals surface area (Å²) in [5, 5.41) is 10.5. The molecule has 2 rings (SSSR count). The summed E-state index contributed by atoms with van der Waals surface area (Å²) in [6, 6.07) is 4.97. The van der Waals surface area contributed by atoms with E-state index in [1.165, 1.54) is 19.1 Å².